The molecule has 4 rings (SSSR count). The Kier molecular flexibility index (Phi) is 4.83. The number of aromatic nitrogens is 2. The number of hydrogen-bond acceptors (Lipinski definition) is 4. The summed E-state index contributed by atoms with van der Waals surface area (Å²) in [6.07, 6.45) is 1.64. The number of urea groups is 1. The number of carbonyl (C=O) groups is 1. The lowest BCUT2D eigenvalue weighted by molar-refractivity contribution is 0.250. The molecule has 1 atom stereocenters. The van der Waals surface area contributed by atoms with Crippen molar-refractivity contribution in [2.75, 3.05) is 16.9 Å². The van der Waals surface area contributed by atoms with E-state index in [9.17, 15) is 4.79 Å². The number of carbonyl (C=O) groups excluding carboxylic acids is 1. The van der Waals surface area contributed by atoms with Crippen LogP contribution in [0.5, 0.6) is 5.75 Å². The fourth-order valence-electron chi connectivity index (χ4n) is 3.26. The molecule has 3 aromatic rings. The molecule has 2 amide bonds. The average Bonchev–Trinajstić information content (AvgIpc) is 2.70. The second kappa shape index (κ2) is 7.30. The van der Waals surface area contributed by atoms with Crippen LogP contribution in [0.2, 0.25) is 10.3 Å². The number of ether oxygens (including phenoxy) is 1. The highest BCUT2D eigenvalue weighted by Crippen LogP contribution is 2.44. The highest BCUT2D eigenvalue weighted by atomic mass is 35.5. The maximum Gasteiger partial charge on any atom is 0.335 e. The minimum absolute atomic E-state index is 0.0764. The van der Waals surface area contributed by atoms with Crippen molar-refractivity contribution in [3.05, 3.63) is 70.6 Å². The van der Waals surface area contributed by atoms with Crippen LogP contribution in [0.15, 0.2) is 54.7 Å². The summed E-state index contributed by atoms with van der Waals surface area (Å²) in [5, 5.41) is 0.514. The molecule has 0 radical (unpaired) electrons. The molecule has 0 saturated heterocycles. The van der Waals surface area contributed by atoms with Crippen molar-refractivity contribution >= 4 is 46.4 Å². The van der Waals surface area contributed by atoms with Gasteiger partial charge in [-0.25, -0.2) is 14.7 Å². The number of fused-ring (bicyclic) bond motifs is 1. The summed E-state index contributed by atoms with van der Waals surface area (Å²) in [4.78, 5) is 25.2. The van der Waals surface area contributed by atoms with Crippen molar-refractivity contribution < 1.29 is 9.53 Å². The van der Waals surface area contributed by atoms with E-state index in [1.807, 2.05) is 37.3 Å². The molecule has 1 unspecified atom stereocenters. The Hall–Kier alpha value is -2.83. The Morgan fingerprint density at radius 2 is 1.86 bits per heavy atom. The number of amides is 2. The standard InChI is InChI=1S/C20H16Cl2N4O2/c1-12-15-11-23-19(22)24-18(15)26(13-6-4-3-5-7-13)20(27)25(12)17-10-14(28-2)8-9-16(17)21/h3-12H,1-2H3. The first kappa shape index (κ1) is 18.5. The van der Waals surface area contributed by atoms with Crippen molar-refractivity contribution in [2.24, 2.45) is 0 Å². The van der Waals surface area contributed by atoms with E-state index in [1.54, 1.807) is 36.4 Å². The number of anilines is 3. The van der Waals surface area contributed by atoms with E-state index in [-0.39, 0.29) is 17.4 Å². The van der Waals surface area contributed by atoms with Gasteiger partial charge in [0, 0.05) is 17.8 Å². The van der Waals surface area contributed by atoms with E-state index >= 15 is 0 Å². The summed E-state index contributed by atoms with van der Waals surface area (Å²) in [5.74, 6) is 1.06. The largest absolute Gasteiger partial charge is 0.497 e. The van der Waals surface area contributed by atoms with Gasteiger partial charge in [0.1, 0.15) is 5.75 Å². The number of benzene rings is 2. The molecule has 2 aromatic carbocycles. The average molecular weight is 415 g/mol. The highest BCUT2D eigenvalue weighted by molar-refractivity contribution is 6.34. The van der Waals surface area contributed by atoms with Gasteiger partial charge in [-0.05, 0) is 42.8 Å². The zero-order valence-corrected chi connectivity index (χ0v) is 16.6. The third kappa shape index (κ3) is 3.04. The number of para-hydroxylation sites is 1. The number of nitrogens with zero attached hydrogens (tertiary/aromatic N) is 4. The first-order valence-corrected chi connectivity index (χ1v) is 9.31. The molecule has 28 heavy (non-hydrogen) atoms. The summed E-state index contributed by atoms with van der Waals surface area (Å²) < 4.78 is 5.32. The maximum atomic E-state index is 13.6. The summed E-state index contributed by atoms with van der Waals surface area (Å²) in [6.45, 7) is 1.89. The highest BCUT2D eigenvalue weighted by Gasteiger charge is 2.39. The summed E-state index contributed by atoms with van der Waals surface area (Å²) in [7, 11) is 1.57. The van der Waals surface area contributed by atoms with Gasteiger partial charge in [0.05, 0.1) is 29.5 Å². The fraction of sp³-hybridized carbons (Fsp3) is 0.150. The van der Waals surface area contributed by atoms with Crippen molar-refractivity contribution in [1.29, 1.82) is 0 Å². The van der Waals surface area contributed by atoms with Crippen LogP contribution >= 0.6 is 23.2 Å². The SMILES string of the molecule is COc1ccc(Cl)c(N2C(=O)N(c3ccccc3)c3nc(Cl)ncc3C2C)c1. The minimum atomic E-state index is -0.357. The van der Waals surface area contributed by atoms with E-state index in [4.69, 9.17) is 27.9 Å². The Balaban J connectivity index is 1.93. The van der Waals surface area contributed by atoms with Crippen LogP contribution in [0.25, 0.3) is 0 Å². The lowest BCUT2D eigenvalue weighted by Gasteiger charge is -2.40. The Morgan fingerprint density at radius 1 is 1.11 bits per heavy atom. The number of hydrogen-bond donors (Lipinski definition) is 0. The minimum Gasteiger partial charge on any atom is -0.497 e. The first-order chi connectivity index (χ1) is 13.5. The molecule has 0 aliphatic carbocycles. The second-order valence-electron chi connectivity index (χ2n) is 6.23. The molecule has 0 saturated carbocycles. The Bertz CT molecular complexity index is 1050. The van der Waals surface area contributed by atoms with Gasteiger partial charge >= 0.3 is 6.03 Å². The Labute approximate surface area is 172 Å². The van der Waals surface area contributed by atoms with E-state index in [1.165, 1.54) is 4.90 Å². The van der Waals surface area contributed by atoms with Gasteiger partial charge in [-0.3, -0.25) is 4.90 Å². The van der Waals surface area contributed by atoms with Crippen LogP contribution < -0.4 is 14.5 Å². The molecule has 1 aliphatic rings. The number of rotatable bonds is 3. The smallest absolute Gasteiger partial charge is 0.335 e. The lowest BCUT2D eigenvalue weighted by Crippen LogP contribution is -2.47. The summed E-state index contributed by atoms with van der Waals surface area (Å²) in [5.41, 5.74) is 1.96. The topological polar surface area (TPSA) is 58.6 Å². The number of halogens is 2. The fourth-order valence-corrected chi connectivity index (χ4v) is 3.60. The Morgan fingerprint density at radius 3 is 2.57 bits per heavy atom. The van der Waals surface area contributed by atoms with Gasteiger partial charge < -0.3 is 4.74 Å². The van der Waals surface area contributed by atoms with Crippen LogP contribution in [0.4, 0.5) is 22.0 Å². The van der Waals surface area contributed by atoms with Gasteiger partial charge in [-0.1, -0.05) is 29.8 Å². The van der Waals surface area contributed by atoms with Gasteiger partial charge in [-0.2, -0.15) is 4.98 Å². The summed E-state index contributed by atoms with van der Waals surface area (Å²) in [6, 6.07) is 13.8. The predicted octanol–water partition coefficient (Wildman–Crippen LogP) is 5.63. The van der Waals surface area contributed by atoms with Gasteiger partial charge in [-0.15, -0.1) is 0 Å². The molecule has 0 N–H and O–H groups in total. The van der Waals surface area contributed by atoms with E-state index < -0.39 is 0 Å². The molecular weight excluding hydrogens is 399 g/mol. The molecule has 0 bridgehead atoms. The van der Waals surface area contributed by atoms with Gasteiger partial charge in [0.15, 0.2) is 5.82 Å². The van der Waals surface area contributed by atoms with Crippen LogP contribution in [-0.2, 0) is 0 Å². The van der Waals surface area contributed by atoms with E-state index in [2.05, 4.69) is 9.97 Å². The van der Waals surface area contributed by atoms with Crippen LogP contribution in [0.1, 0.15) is 18.5 Å². The van der Waals surface area contributed by atoms with Crippen LogP contribution in [-0.4, -0.2) is 23.1 Å². The molecule has 0 fully saturated rings. The zero-order valence-electron chi connectivity index (χ0n) is 15.1. The monoisotopic (exact) mass is 414 g/mol. The molecular formula is C20H16Cl2N4O2. The quantitative estimate of drug-likeness (QED) is 0.520. The van der Waals surface area contributed by atoms with Gasteiger partial charge in [0.2, 0.25) is 5.28 Å². The number of methoxy groups -OCH3 is 1. The third-order valence-corrected chi connectivity index (χ3v) is 5.14. The van der Waals surface area contributed by atoms with Gasteiger partial charge in [0.25, 0.3) is 0 Å². The first-order valence-electron chi connectivity index (χ1n) is 8.55. The normalized spacial score (nSPS) is 16.1. The third-order valence-electron chi connectivity index (χ3n) is 4.64. The molecule has 2 heterocycles. The molecule has 1 aliphatic heterocycles. The van der Waals surface area contributed by atoms with Crippen molar-refractivity contribution in [2.45, 2.75) is 13.0 Å². The van der Waals surface area contributed by atoms with E-state index in [0.717, 1.165) is 5.56 Å². The zero-order chi connectivity index (χ0) is 19.8. The molecule has 8 heteroatoms. The molecule has 1 aromatic heterocycles. The predicted molar refractivity (Wildman–Crippen MR) is 110 cm³/mol. The molecule has 0 spiro atoms. The maximum absolute atomic E-state index is 13.6. The second-order valence-corrected chi connectivity index (χ2v) is 6.98. The summed E-state index contributed by atoms with van der Waals surface area (Å²) >= 11 is 12.5. The van der Waals surface area contributed by atoms with Crippen molar-refractivity contribution in [3.63, 3.8) is 0 Å². The van der Waals surface area contributed by atoms with Crippen molar-refractivity contribution in [3.8, 4) is 5.75 Å². The van der Waals surface area contributed by atoms with Crippen LogP contribution in [0.3, 0.4) is 0 Å². The van der Waals surface area contributed by atoms with E-state index in [0.29, 0.717) is 28.0 Å². The lowest BCUT2D eigenvalue weighted by atomic mass is 10.0. The van der Waals surface area contributed by atoms with Crippen molar-refractivity contribution in [1.82, 2.24) is 9.97 Å². The molecule has 142 valence electrons. The molecule has 6 nitrogen and oxygen atoms in total. The van der Waals surface area contributed by atoms with Crippen LogP contribution in [0, 0.1) is 0 Å².